The summed E-state index contributed by atoms with van der Waals surface area (Å²) >= 11 is 3.36. The lowest BCUT2D eigenvalue weighted by molar-refractivity contribution is -0.120. The molecule has 1 saturated heterocycles. The van der Waals surface area contributed by atoms with Crippen molar-refractivity contribution in [1.29, 1.82) is 0 Å². The minimum absolute atomic E-state index is 0.0828. The van der Waals surface area contributed by atoms with Gasteiger partial charge in [0.1, 0.15) is 0 Å². The summed E-state index contributed by atoms with van der Waals surface area (Å²) in [4.78, 5) is 12.9. The predicted octanol–water partition coefficient (Wildman–Crippen LogP) is 5.05. The van der Waals surface area contributed by atoms with Crippen LogP contribution in [0.4, 0.5) is 11.4 Å². The summed E-state index contributed by atoms with van der Waals surface area (Å²) in [6, 6.07) is 18.7. The number of piperidine rings is 1. The van der Waals surface area contributed by atoms with E-state index in [4.69, 9.17) is 0 Å². The van der Waals surface area contributed by atoms with Crippen LogP contribution < -0.4 is 10.0 Å². The van der Waals surface area contributed by atoms with E-state index in [1.807, 2.05) is 32.0 Å². The van der Waals surface area contributed by atoms with Crippen LogP contribution in [0.2, 0.25) is 0 Å². The minimum Gasteiger partial charge on any atom is -0.326 e. The second kappa shape index (κ2) is 11.6. The predicted molar refractivity (Wildman–Crippen MR) is 153 cm³/mol. The molecule has 0 unspecified atom stereocenters. The average molecular weight is 621 g/mol. The highest BCUT2D eigenvalue weighted by molar-refractivity contribution is 9.10. The Balaban J connectivity index is 1.32. The summed E-state index contributed by atoms with van der Waals surface area (Å²) in [5, 5.41) is 2.83. The number of hydrogen-bond acceptors (Lipinski definition) is 5. The molecule has 1 amide bonds. The fourth-order valence-electron chi connectivity index (χ4n) is 4.42. The van der Waals surface area contributed by atoms with E-state index in [2.05, 4.69) is 26.0 Å². The van der Waals surface area contributed by atoms with Gasteiger partial charge in [0.25, 0.3) is 10.0 Å². The third kappa shape index (κ3) is 7.02. The zero-order chi connectivity index (χ0) is 27.5. The molecule has 3 aromatic carbocycles. The van der Waals surface area contributed by atoms with Crippen molar-refractivity contribution in [1.82, 2.24) is 4.31 Å². The highest BCUT2D eigenvalue weighted by Gasteiger charge is 2.31. The SMILES string of the molecule is Cc1ccc(NS(=O)(=O)c2ccc(NC(=O)C3CCN(S(=O)(=O)Cc4cccc(Br)c4)CC3)cc2)c(C)c1. The molecule has 0 spiro atoms. The maximum absolute atomic E-state index is 12.9. The van der Waals surface area contributed by atoms with Crippen molar-refractivity contribution in [2.75, 3.05) is 23.1 Å². The second-order valence-corrected chi connectivity index (χ2v) is 14.1. The molecule has 1 aliphatic heterocycles. The number of amides is 1. The van der Waals surface area contributed by atoms with Crippen LogP contribution in [-0.2, 0) is 30.6 Å². The Bertz CT molecular complexity index is 1530. The van der Waals surface area contributed by atoms with Gasteiger partial charge in [-0.15, -0.1) is 0 Å². The maximum atomic E-state index is 12.9. The van der Waals surface area contributed by atoms with Gasteiger partial charge in [0.2, 0.25) is 15.9 Å². The molecular formula is C27H30BrN3O5S2. The number of rotatable bonds is 8. The van der Waals surface area contributed by atoms with Crippen LogP contribution in [-0.4, -0.2) is 40.1 Å². The van der Waals surface area contributed by atoms with Crippen molar-refractivity contribution < 1.29 is 21.6 Å². The van der Waals surface area contributed by atoms with E-state index in [0.29, 0.717) is 29.8 Å². The zero-order valence-electron chi connectivity index (χ0n) is 21.1. The number of carbonyl (C=O) groups excluding carboxylic acids is 1. The second-order valence-electron chi connectivity index (χ2n) is 9.50. The molecule has 2 N–H and O–H groups in total. The fourth-order valence-corrected chi connectivity index (χ4v) is 7.55. The van der Waals surface area contributed by atoms with Gasteiger partial charge in [-0.3, -0.25) is 9.52 Å². The first kappa shape index (κ1) is 28.3. The standard InChI is InChI=1S/C27H30BrN3O5S2/c1-19-6-11-26(20(2)16-19)30-38(35,36)25-9-7-24(8-10-25)29-27(32)22-12-14-31(15-13-22)37(33,34)18-21-4-3-5-23(28)17-21/h3-11,16-17,22,30H,12-15,18H2,1-2H3,(H,29,32). The summed E-state index contributed by atoms with van der Waals surface area (Å²) in [5.74, 6) is -0.628. The number of anilines is 2. The molecule has 0 aromatic heterocycles. The first-order valence-electron chi connectivity index (χ1n) is 12.2. The van der Waals surface area contributed by atoms with Crippen LogP contribution in [0, 0.1) is 19.8 Å². The molecule has 0 saturated carbocycles. The largest absolute Gasteiger partial charge is 0.326 e. The molecule has 4 rings (SSSR count). The molecule has 1 fully saturated rings. The Labute approximate surface area is 232 Å². The Morgan fingerprint density at radius 3 is 2.26 bits per heavy atom. The molecule has 202 valence electrons. The summed E-state index contributed by atoms with van der Waals surface area (Å²) in [6.07, 6.45) is 0.825. The summed E-state index contributed by atoms with van der Waals surface area (Å²) in [5.41, 5.74) is 3.56. The number of carbonyl (C=O) groups is 1. The van der Waals surface area contributed by atoms with Gasteiger partial charge < -0.3 is 5.32 Å². The smallest absolute Gasteiger partial charge is 0.261 e. The maximum Gasteiger partial charge on any atom is 0.261 e. The monoisotopic (exact) mass is 619 g/mol. The number of halogens is 1. The summed E-state index contributed by atoms with van der Waals surface area (Å²) in [7, 11) is -7.28. The van der Waals surface area contributed by atoms with Gasteiger partial charge in [0, 0.05) is 29.2 Å². The van der Waals surface area contributed by atoms with Gasteiger partial charge in [-0.05, 0) is 80.3 Å². The van der Waals surface area contributed by atoms with Crippen molar-refractivity contribution in [3.63, 3.8) is 0 Å². The Morgan fingerprint density at radius 2 is 1.63 bits per heavy atom. The molecule has 0 aliphatic carbocycles. The third-order valence-corrected chi connectivity index (χ3v) is 10.2. The Morgan fingerprint density at radius 1 is 0.947 bits per heavy atom. The lowest BCUT2D eigenvalue weighted by atomic mass is 9.97. The minimum atomic E-state index is -3.79. The molecule has 1 aliphatic rings. The number of nitrogens with one attached hydrogen (secondary N) is 2. The first-order valence-corrected chi connectivity index (χ1v) is 16.0. The van der Waals surface area contributed by atoms with Crippen molar-refractivity contribution >= 4 is 53.3 Å². The molecule has 3 aromatic rings. The quantitative estimate of drug-likeness (QED) is 0.366. The highest BCUT2D eigenvalue weighted by atomic mass is 79.9. The number of benzene rings is 3. The van der Waals surface area contributed by atoms with Gasteiger partial charge in [-0.2, -0.15) is 0 Å². The van der Waals surface area contributed by atoms with E-state index >= 15 is 0 Å². The summed E-state index contributed by atoms with van der Waals surface area (Å²) < 4.78 is 56.2. The number of hydrogen-bond donors (Lipinski definition) is 2. The van der Waals surface area contributed by atoms with Crippen LogP contribution in [0.5, 0.6) is 0 Å². The molecule has 0 bridgehead atoms. The van der Waals surface area contributed by atoms with Crippen molar-refractivity contribution in [3.8, 4) is 0 Å². The van der Waals surface area contributed by atoms with E-state index in [-0.39, 0.29) is 35.6 Å². The van der Waals surface area contributed by atoms with Gasteiger partial charge >= 0.3 is 0 Å². The summed E-state index contributed by atoms with van der Waals surface area (Å²) in [6.45, 7) is 4.33. The lowest BCUT2D eigenvalue weighted by Gasteiger charge is -2.30. The zero-order valence-corrected chi connectivity index (χ0v) is 24.4. The van der Waals surface area contributed by atoms with Crippen molar-refractivity contribution in [2.24, 2.45) is 5.92 Å². The lowest BCUT2D eigenvalue weighted by Crippen LogP contribution is -2.41. The molecule has 11 heteroatoms. The number of sulfonamides is 2. The van der Waals surface area contributed by atoms with Gasteiger partial charge in [0.05, 0.1) is 16.3 Å². The normalized spacial score (nSPS) is 15.2. The van der Waals surface area contributed by atoms with E-state index in [0.717, 1.165) is 15.6 Å². The molecular weight excluding hydrogens is 590 g/mol. The average Bonchev–Trinajstić information content (AvgIpc) is 2.86. The number of nitrogens with zero attached hydrogens (tertiary/aromatic N) is 1. The van der Waals surface area contributed by atoms with Crippen LogP contribution >= 0.6 is 15.9 Å². The number of aryl methyl sites for hydroxylation is 2. The fraction of sp³-hybridized carbons (Fsp3) is 0.296. The highest BCUT2D eigenvalue weighted by Crippen LogP contribution is 2.25. The van der Waals surface area contributed by atoms with E-state index in [9.17, 15) is 21.6 Å². The van der Waals surface area contributed by atoms with Crippen molar-refractivity contribution in [2.45, 2.75) is 37.3 Å². The molecule has 8 nitrogen and oxygen atoms in total. The van der Waals surface area contributed by atoms with Crippen LogP contribution in [0.15, 0.2) is 76.1 Å². The molecule has 0 radical (unpaired) electrons. The van der Waals surface area contributed by atoms with Gasteiger partial charge in [0.15, 0.2) is 0 Å². The van der Waals surface area contributed by atoms with Crippen LogP contribution in [0.1, 0.15) is 29.5 Å². The van der Waals surface area contributed by atoms with Crippen LogP contribution in [0.3, 0.4) is 0 Å². The van der Waals surface area contributed by atoms with Crippen LogP contribution in [0.25, 0.3) is 0 Å². The topological polar surface area (TPSA) is 113 Å². The first-order chi connectivity index (χ1) is 17.9. The van der Waals surface area contributed by atoms with E-state index in [1.54, 1.807) is 36.4 Å². The van der Waals surface area contributed by atoms with E-state index in [1.165, 1.54) is 16.4 Å². The van der Waals surface area contributed by atoms with E-state index < -0.39 is 20.0 Å². The van der Waals surface area contributed by atoms with Crippen molar-refractivity contribution in [3.05, 3.63) is 87.9 Å². The Hall–Kier alpha value is -2.73. The third-order valence-electron chi connectivity index (χ3n) is 6.51. The molecule has 0 atom stereocenters. The molecule has 1 heterocycles. The van der Waals surface area contributed by atoms with Gasteiger partial charge in [-0.1, -0.05) is 45.8 Å². The van der Waals surface area contributed by atoms with Gasteiger partial charge in [-0.25, -0.2) is 21.1 Å². The molecule has 38 heavy (non-hydrogen) atoms. The Kier molecular flexibility index (Phi) is 8.61.